The van der Waals surface area contributed by atoms with Crippen LogP contribution < -0.4 is 19.9 Å². The second kappa shape index (κ2) is 6.23. The Morgan fingerprint density at radius 2 is 2.00 bits per heavy atom. The predicted octanol–water partition coefficient (Wildman–Crippen LogP) is 0.574. The second-order valence-electron chi connectivity index (χ2n) is 4.32. The monoisotopic (exact) mass is 286 g/mol. The molecule has 0 unspecified atom stereocenters. The van der Waals surface area contributed by atoms with Crippen molar-refractivity contribution < 1.29 is 17.9 Å². The van der Waals surface area contributed by atoms with Crippen molar-refractivity contribution in [3.63, 3.8) is 0 Å². The van der Waals surface area contributed by atoms with Crippen molar-refractivity contribution in [1.29, 1.82) is 0 Å². The molecule has 19 heavy (non-hydrogen) atoms. The Morgan fingerprint density at radius 1 is 1.21 bits per heavy atom. The Bertz CT molecular complexity index is 531. The molecule has 106 valence electrons. The van der Waals surface area contributed by atoms with Gasteiger partial charge in [-0.05, 0) is 37.1 Å². The van der Waals surface area contributed by atoms with Crippen LogP contribution in [0.3, 0.4) is 0 Å². The van der Waals surface area contributed by atoms with Gasteiger partial charge in [-0.15, -0.1) is 0 Å². The molecule has 7 heteroatoms. The molecule has 0 radical (unpaired) electrons. The van der Waals surface area contributed by atoms with Crippen molar-refractivity contribution in [2.24, 2.45) is 5.73 Å². The van der Waals surface area contributed by atoms with Crippen molar-refractivity contribution >= 4 is 10.0 Å². The van der Waals surface area contributed by atoms with Crippen LogP contribution in [0, 0.1) is 0 Å². The van der Waals surface area contributed by atoms with Crippen molar-refractivity contribution in [2.45, 2.75) is 19.4 Å². The predicted molar refractivity (Wildman–Crippen MR) is 71.5 cm³/mol. The molecule has 0 fully saturated rings. The van der Waals surface area contributed by atoms with E-state index in [4.69, 9.17) is 15.2 Å². The normalized spacial score (nSPS) is 13.7. The van der Waals surface area contributed by atoms with Gasteiger partial charge in [-0.3, -0.25) is 0 Å². The van der Waals surface area contributed by atoms with E-state index in [1.165, 1.54) is 0 Å². The van der Waals surface area contributed by atoms with E-state index in [-0.39, 0.29) is 19.1 Å². The first-order chi connectivity index (χ1) is 9.11. The first-order valence-corrected chi connectivity index (χ1v) is 7.82. The molecule has 0 spiro atoms. The zero-order valence-corrected chi connectivity index (χ0v) is 11.4. The minimum absolute atomic E-state index is 0.106. The average molecular weight is 286 g/mol. The van der Waals surface area contributed by atoms with Crippen LogP contribution in [0.5, 0.6) is 11.5 Å². The number of hydrogen-bond donors (Lipinski definition) is 2. The molecule has 3 N–H and O–H groups in total. The summed E-state index contributed by atoms with van der Waals surface area (Å²) in [5.74, 6) is 1.45. The largest absolute Gasteiger partial charge is 0.454 e. The zero-order valence-electron chi connectivity index (χ0n) is 10.6. The SMILES string of the molecule is NCCCCS(=O)(=O)NCc1ccc2c(c1)OCO2. The molecular weight excluding hydrogens is 268 g/mol. The summed E-state index contributed by atoms with van der Waals surface area (Å²) in [5.41, 5.74) is 6.17. The number of rotatable bonds is 7. The molecule has 0 saturated carbocycles. The van der Waals surface area contributed by atoms with Crippen LogP contribution in [-0.2, 0) is 16.6 Å². The Labute approximate surface area is 112 Å². The van der Waals surface area contributed by atoms with Crippen molar-refractivity contribution in [3.05, 3.63) is 23.8 Å². The van der Waals surface area contributed by atoms with Crippen LogP contribution in [0.2, 0.25) is 0 Å². The highest BCUT2D eigenvalue weighted by Gasteiger charge is 2.14. The molecule has 0 amide bonds. The van der Waals surface area contributed by atoms with Gasteiger partial charge in [0, 0.05) is 6.54 Å². The molecule has 6 nitrogen and oxygen atoms in total. The van der Waals surface area contributed by atoms with Crippen LogP contribution in [0.1, 0.15) is 18.4 Å². The summed E-state index contributed by atoms with van der Waals surface area (Å²) in [5, 5.41) is 0. The van der Waals surface area contributed by atoms with E-state index in [1.807, 2.05) is 6.07 Å². The summed E-state index contributed by atoms with van der Waals surface area (Å²) in [6, 6.07) is 5.38. The lowest BCUT2D eigenvalue weighted by atomic mass is 10.2. The summed E-state index contributed by atoms with van der Waals surface area (Å²) in [6.07, 6.45) is 1.29. The van der Waals surface area contributed by atoms with E-state index in [0.717, 1.165) is 5.56 Å². The van der Waals surface area contributed by atoms with E-state index in [9.17, 15) is 8.42 Å². The molecule has 2 rings (SSSR count). The summed E-state index contributed by atoms with van der Waals surface area (Å²) >= 11 is 0. The number of unbranched alkanes of at least 4 members (excludes halogenated alkanes) is 1. The van der Waals surface area contributed by atoms with Gasteiger partial charge in [-0.2, -0.15) is 0 Å². The number of nitrogens with two attached hydrogens (primary N) is 1. The van der Waals surface area contributed by atoms with E-state index in [0.29, 0.717) is 30.9 Å². The van der Waals surface area contributed by atoms with Gasteiger partial charge in [0.25, 0.3) is 0 Å². The molecule has 1 aromatic rings. The first kappa shape index (κ1) is 14.1. The lowest BCUT2D eigenvalue weighted by Crippen LogP contribution is -2.26. The van der Waals surface area contributed by atoms with Gasteiger partial charge in [0.2, 0.25) is 16.8 Å². The topological polar surface area (TPSA) is 90.7 Å². The molecule has 1 aliphatic rings. The Morgan fingerprint density at radius 3 is 2.79 bits per heavy atom. The van der Waals surface area contributed by atoms with E-state index < -0.39 is 10.0 Å². The van der Waals surface area contributed by atoms with E-state index >= 15 is 0 Å². The highest BCUT2D eigenvalue weighted by molar-refractivity contribution is 7.89. The molecular formula is C12H18N2O4S. The Kier molecular flexibility index (Phi) is 4.62. The lowest BCUT2D eigenvalue weighted by Gasteiger charge is -2.07. The Balaban J connectivity index is 1.88. The van der Waals surface area contributed by atoms with E-state index in [1.54, 1.807) is 12.1 Å². The quantitative estimate of drug-likeness (QED) is 0.715. The molecule has 0 atom stereocenters. The molecule has 0 bridgehead atoms. The fourth-order valence-corrected chi connectivity index (χ4v) is 2.87. The molecule has 1 aromatic carbocycles. The Hall–Kier alpha value is -1.31. The van der Waals surface area contributed by atoms with Crippen molar-refractivity contribution in [3.8, 4) is 11.5 Å². The number of hydrogen-bond acceptors (Lipinski definition) is 5. The van der Waals surface area contributed by atoms with Crippen LogP contribution in [-0.4, -0.2) is 27.5 Å². The summed E-state index contributed by atoms with van der Waals surface area (Å²) in [7, 11) is -3.24. The van der Waals surface area contributed by atoms with Gasteiger partial charge >= 0.3 is 0 Å². The van der Waals surface area contributed by atoms with Gasteiger partial charge in [0.05, 0.1) is 5.75 Å². The third-order valence-electron chi connectivity index (χ3n) is 2.80. The third kappa shape index (κ3) is 4.09. The minimum atomic E-state index is -3.24. The number of ether oxygens (including phenoxy) is 2. The molecule has 0 aromatic heterocycles. The van der Waals surface area contributed by atoms with Crippen molar-refractivity contribution in [1.82, 2.24) is 4.72 Å². The van der Waals surface area contributed by atoms with Crippen LogP contribution in [0.25, 0.3) is 0 Å². The number of benzene rings is 1. The standard InChI is InChI=1S/C12H18N2O4S/c13-5-1-2-6-19(15,16)14-8-10-3-4-11-12(7-10)18-9-17-11/h3-4,7,14H,1-2,5-6,8-9,13H2. The molecule has 1 aliphatic heterocycles. The molecule has 1 heterocycles. The summed E-state index contributed by atoms with van der Waals surface area (Å²) in [6.45, 7) is 0.975. The summed E-state index contributed by atoms with van der Waals surface area (Å²) in [4.78, 5) is 0. The smallest absolute Gasteiger partial charge is 0.231 e. The van der Waals surface area contributed by atoms with Crippen LogP contribution in [0.15, 0.2) is 18.2 Å². The van der Waals surface area contributed by atoms with E-state index in [2.05, 4.69) is 4.72 Å². The fraction of sp³-hybridized carbons (Fsp3) is 0.500. The van der Waals surface area contributed by atoms with Crippen LogP contribution in [0.4, 0.5) is 0 Å². The third-order valence-corrected chi connectivity index (χ3v) is 4.21. The maximum absolute atomic E-state index is 11.7. The minimum Gasteiger partial charge on any atom is -0.454 e. The molecule has 0 aliphatic carbocycles. The number of sulfonamides is 1. The number of fused-ring (bicyclic) bond motifs is 1. The maximum Gasteiger partial charge on any atom is 0.231 e. The highest BCUT2D eigenvalue weighted by atomic mass is 32.2. The van der Waals surface area contributed by atoms with Crippen molar-refractivity contribution in [2.75, 3.05) is 19.1 Å². The first-order valence-electron chi connectivity index (χ1n) is 6.17. The van der Waals surface area contributed by atoms with Crippen LogP contribution >= 0.6 is 0 Å². The second-order valence-corrected chi connectivity index (χ2v) is 6.25. The fourth-order valence-electron chi connectivity index (χ4n) is 1.75. The average Bonchev–Trinajstić information content (AvgIpc) is 2.84. The lowest BCUT2D eigenvalue weighted by molar-refractivity contribution is 0.174. The van der Waals surface area contributed by atoms with Gasteiger partial charge in [-0.25, -0.2) is 13.1 Å². The number of nitrogens with one attached hydrogen (secondary N) is 1. The van der Waals surface area contributed by atoms with Gasteiger partial charge in [0.1, 0.15) is 0 Å². The van der Waals surface area contributed by atoms with Gasteiger partial charge in [0.15, 0.2) is 11.5 Å². The zero-order chi connectivity index (χ0) is 13.7. The molecule has 0 saturated heterocycles. The highest BCUT2D eigenvalue weighted by Crippen LogP contribution is 2.32. The maximum atomic E-state index is 11.7. The van der Waals surface area contributed by atoms with Gasteiger partial charge in [-0.1, -0.05) is 6.07 Å². The van der Waals surface area contributed by atoms with Gasteiger partial charge < -0.3 is 15.2 Å². The summed E-state index contributed by atoms with van der Waals surface area (Å²) < 4.78 is 36.4.